The van der Waals surface area contributed by atoms with Crippen LogP contribution in [0.5, 0.6) is 0 Å². The molecule has 13 atom stereocenters. The van der Waals surface area contributed by atoms with Crippen molar-refractivity contribution in [2.45, 2.75) is 243 Å². The standard InChI is InChI=1S/C70H125N9O13/c1-25-51-39-59(82)61(62(83)47(14)28-26-27-29-79-30-32-92-33-31-79)78(24)70(91)60(46(12)13)77(23)69(90)56(37-44(8)9)76(22)68(89)55(36-43(6)7)75(21)64(85)49(16)71-63(84)48(15)38-57(80)53(34-41(2)3)74(20)67(88)52(45(10)11)40-58(81)54(35-42(4)5)73(19)65(86)50(17)72(18)66(51)87/h41-56,60-62,83H,25-40H2,1-24H3,(H,71,84)/t47-,48+,49+,50-,51+,52-,53+,54+,55-,56-,60-,61+,62-/m1/s1. The van der Waals surface area contributed by atoms with Crippen molar-refractivity contribution in [2.75, 3.05) is 82.2 Å². The van der Waals surface area contributed by atoms with Crippen molar-refractivity contribution < 1.29 is 62.6 Å². The monoisotopic (exact) mass is 1300 g/mol. The summed E-state index contributed by atoms with van der Waals surface area (Å²) in [7, 11) is 10.4. The van der Waals surface area contributed by atoms with Crippen LogP contribution in [0.2, 0.25) is 0 Å². The number of carbonyl (C=O) groups is 11. The van der Waals surface area contributed by atoms with E-state index in [0.717, 1.165) is 26.1 Å². The molecule has 2 aliphatic heterocycles. The van der Waals surface area contributed by atoms with Crippen molar-refractivity contribution in [3.63, 3.8) is 0 Å². The Morgan fingerprint density at radius 2 is 0.902 bits per heavy atom. The fraction of sp³-hybridized carbons (Fsp3) is 0.843. The van der Waals surface area contributed by atoms with E-state index in [2.05, 4.69) is 10.2 Å². The summed E-state index contributed by atoms with van der Waals surface area (Å²) >= 11 is 0. The van der Waals surface area contributed by atoms with E-state index in [-0.39, 0.29) is 86.1 Å². The van der Waals surface area contributed by atoms with Gasteiger partial charge < -0.3 is 49.5 Å². The van der Waals surface area contributed by atoms with Crippen LogP contribution in [0.25, 0.3) is 0 Å². The molecule has 92 heavy (non-hydrogen) atoms. The van der Waals surface area contributed by atoms with Crippen LogP contribution in [0.1, 0.15) is 188 Å². The highest BCUT2D eigenvalue weighted by Gasteiger charge is 2.46. The zero-order valence-corrected chi connectivity index (χ0v) is 61.2. The number of morpholine rings is 1. The number of likely N-dealkylation sites (N-methyl/N-ethyl adjacent to an activating group) is 7. The van der Waals surface area contributed by atoms with Gasteiger partial charge in [0.25, 0.3) is 0 Å². The molecule has 8 amide bonds. The minimum absolute atomic E-state index is 0.0695. The van der Waals surface area contributed by atoms with Gasteiger partial charge >= 0.3 is 0 Å². The van der Waals surface area contributed by atoms with Gasteiger partial charge in [0.1, 0.15) is 36.3 Å². The highest BCUT2D eigenvalue weighted by atomic mass is 16.5. The molecular formula is C70H125N9O13. The Kier molecular flexibility index (Phi) is 34.4. The number of unbranched alkanes of at least 4 members (excludes halogenated alkanes) is 1. The number of hydrogen-bond acceptors (Lipinski definition) is 14. The van der Waals surface area contributed by atoms with E-state index in [4.69, 9.17) is 4.74 Å². The zero-order valence-electron chi connectivity index (χ0n) is 61.2. The predicted octanol–water partition coefficient (Wildman–Crippen LogP) is 6.47. The van der Waals surface area contributed by atoms with E-state index in [1.165, 1.54) is 90.6 Å². The Morgan fingerprint density at radius 3 is 1.37 bits per heavy atom. The summed E-state index contributed by atoms with van der Waals surface area (Å²) in [4.78, 5) is 175. The summed E-state index contributed by atoms with van der Waals surface area (Å²) in [6, 6.07) is -9.27. The van der Waals surface area contributed by atoms with Crippen LogP contribution in [0.4, 0.5) is 0 Å². The third-order valence-corrected chi connectivity index (χ3v) is 19.3. The average molecular weight is 1300 g/mol. The van der Waals surface area contributed by atoms with Crippen LogP contribution >= 0.6 is 0 Å². The molecule has 0 aliphatic carbocycles. The van der Waals surface area contributed by atoms with Gasteiger partial charge in [-0.15, -0.1) is 0 Å². The van der Waals surface area contributed by atoms with E-state index >= 15 is 19.2 Å². The number of aliphatic hydroxyl groups excluding tert-OH is 1. The maximum absolute atomic E-state index is 15.4. The molecule has 0 spiro atoms. The number of ketones is 3. The summed E-state index contributed by atoms with van der Waals surface area (Å²) in [5, 5.41) is 15.3. The van der Waals surface area contributed by atoms with Gasteiger partial charge in [-0.2, -0.15) is 0 Å². The molecule has 0 unspecified atom stereocenters. The Morgan fingerprint density at radius 1 is 0.467 bits per heavy atom. The van der Waals surface area contributed by atoms with Crippen molar-refractivity contribution >= 4 is 64.6 Å². The third kappa shape index (κ3) is 23.2. The van der Waals surface area contributed by atoms with Crippen molar-refractivity contribution in [3.8, 4) is 0 Å². The third-order valence-electron chi connectivity index (χ3n) is 19.3. The molecule has 0 bridgehead atoms. The number of nitrogens with one attached hydrogen (secondary N) is 1. The molecule has 2 fully saturated rings. The van der Waals surface area contributed by atoms with Gasteiger partial charge in [-0.05, 0) is 107 Å². The SMILES string of the molecule is CC[C@H]1CC(=O)[C@@H]([C@H](O)[C@H](C)CCCCN2CCOCC2)N(C)C(=O)[C@@H](C(C)C)N(C)C(=O)[C@@H](CC(C)C)N(C)C(=O)[C@@H](CC(C)C)N(C)C(=O)[C@H](C)NC(=O)[C@@H](C)CC(=O)[C@H](CC(C)C)N(C)C(=O)[C@@H](C(C)C)CC(=O)[C@H](CC(C)C)N(C)C(=O)[C@@H](C)N(C)C1=O. The van der Waals surface area contributed by atoms with Gasteiger partial charge in [0.05, 0.1) is 31.4 Å². The zero-order chi connectivity index (χ0) is 70.7. The molecule has 0 aromatic heterocycles. The molecule has 0 aromatic rings. The Bertz CT molecular complexity index is 2460. The average Bonchev–Trinajstić information content (AvgIpc) is 0.824. The second-order valence-corrected chi connectivity index (χ2v) is 29.6. The van der Waals surface area contributed by atoms with Gasteiger partial charge in [0.2, 0.25) is 47.3 Å². The van der Waals surface area contributed by atoms with E-state index in [0.29, 0.717) is 26.1 Å². The van der Waals surface area contributed by atoms with Crippen LogP contribution in [0.15, 0.2) is 0 Å². The smallest absolute Gasteiger partial charge is 0.246 e. The molecule has 2 aliphatic rings. The van der Waals surface area contributed by atoms with Gasteiger partial charge in [0.15, 0.2) is 17.3 Å². The van der Waals surface area contributed by atoms with Crippen molar-refractivity contribution in [1.29, 1.82) is 0 Å². The second-order valence-electron chi connectivity index (χ2n) is 29.6. The Balaban J connectivity index is 2.98. The first-order valence-corrected chi connectivity index (χ1v) is 34.4. The van der Waals surface area contributed by atoms with Crippen LogP contribution < -0.4 is 5.32 Å². The molecule has 0 radical (unpaired) electrons. The fourth-order valence-electron chi connectivity index (χ4n) is 13.0. The predicted molar refractivity (Wildman–Crippen MR) is 358 cm³/mol. The molecule has 0 aromatic carbocycles. The van der Waals surface area contributed by atoms with E-state index in [1.807, 2.05) is 76.2 Å². The lowest BCUT2D eigenvalue weighted by Gasteiger charge is -2.41. The Hall–Kier alpha value is -5.35. The maximum Gasteiger partial charge on any atom is 0.246 e. The molecule has 2 heterocycles. The van der Waals surface area contributed by atoms with E-state index < -0.39 is 143 Å². The van der Waals surface area contributed by atoms with Crippen molar-refractivity contribution in [3.05, 3.63) is 0 Å². The maximum atomic E-state index is 15.4. The number of amides is 8. The number of rotatable bonds is 18. The van der Waals surface area contributed by atoms with Crippen LogP contribution in [-0.4, -0.2) is 246 Å². The number of Topliss-reactive ketones (excluding diaryl/α,β-unsaturated/α-hetero) is 3. The highest BCUT2D eigenvalue weighted by Crippen LogP contribution is 2.30. The topological polar surface area (TPSA) is 255 Å². The number of aliphatic hydroxyl groups is 1. The first-order valence-electron chi connectivity index (χ1n) is 34.4. The molecule has 22 nitrogen and oxygen atoms in total. The summed E-state index contributed by atoms with van der Waals surface area (Å²) in [5.41, 5.74) is 0. The quantitative estimate of drug-likeness (QED) is 0.140. The number of ether oxygens (including phenoxy) is 1. The minimum Gasteiger partial charge on any atom is -0.390 e. The van der Waals surface area contributed by atoms with Crippen LogP contribution in [-0.2, 0) is 57.5 Å². The second kappa shape index (κ2) is 38.3. The fourth-order valence-corrected chi connectivity index (χ4v) is 13.0. The lowest BCUT2D eigenvalue weighted by atomic mass is 9.84. The molecule has 0 saturated carbocycles. The number of nitrogens with zero attached hydrogens (tertiary/aromatic N) is 8. The summed E-state index contributed by atoms with van der Waals surface area (Å²) in [5.74, 6) is -10.7. The molecule has 2 N–H and O–H groups in total. The van der Waals surface area contributed by atoms with Crippen LogP contribution in [0.3, 0.4) is 0 Å². The lowest BCUT2D eigenvalue weighted by Crippen LogP contribution is -2.61. The molecule has 2 saturated heterocycles. The molecule has 528 valence electrons. The Labute approximate surface area is 553 Å². The summed E-state index contributed by atoms with van der Waals surface area (Å²) in [6.45, 7) is 34.3. The summed E-state index contributed by atoms with van der Waals surface area (Å²) < 4.78 is 5.53. The van der Waals surface area contributed by atoms with Gasteiger partial charge in [-0.3, -0.25) is 57.6 Å². The molecule has 22 heteroatoms. The van der Waals surface area contributed by atoms with Gasteiger partial charge in [-0.25, -0.2) is 0 Å². The summed E-state index contributed by atoms with van der Waals surface area (Å²) in [6.07, 6.45) is 0.623. The first-order chi connectivity index (χ1) is 42.7. The van der Waals surface area contributed by atoms with Crippen molar-refractivity contribution in [2.24, 2.45) is 59.2 Å². The largest absolute Gasteiger partial charge is 0.390 e. The van der Waals surface area contributed by atoms with Crippen LogP contribution in [0, 0.1) is 59.2 Å². The lowest BCUT2D eigenvalue weighted by molar-refractivity contribution is -0.157. The highest BCUT2D eigenvalue weighted by molar-refractivity contribution is 6.00. The first kappa shape index (κ1) is 82.7. The normalized spacial score (nSPS) is 28.0. The molecule has 2 rings (SSSR count). The van der Waals surface area contributed by atoms with Crippen molar-refractivity contribution in [1.82, 2.24) is 44.5 Å². The van der Waals surface area contributed by atoms with E-state index in [1.54, 1.807) is 34.6 Å². The minimum atomic E-state index is -1.49. The molecular weight excluding hydrogens is 1170 g/mol. The van der Waals surface area contributed by atoms with E-state index in [9.17, 15) is 38.7 Å². The van der Waals surface area contributed by atoms with Gasteiger partial charge in [0, 0.05) is 99.4 Å². The van der Waals surface area contributed by atoms with Gasteiger partial charge in [-0.1, -0.05) is 110 Å². The number of hydrogen-bond donors (Lipinski definition) is 2. The number of carbonyl (C=O) groups excluding carboxylic acids is 11.